The van der Waals surface area contributed by atoms with Crippen molar-refractivity contribution >= 4 is 38.5 Å². The zero-order valence-electron chi connectivity index (χ0n) is 15.7. The quantitative estimate of drug-likeness (QED) is 0.524. The third kappa shape index (κ3) is 5.20. The van der Waals surface area contributed by atoms with Gasteiger partial charge in [0, 0.05) is 25.6 Å². The molecule has 0 unspecified atom stereocenters. The highest BCUT2D eigenvalue weighted by Crippen LogP contribution is 2.25. The van der Waals surface area contributed by atoms with Gasteiger partial charge in [0.2, 0.25) is 10.0 Å². The van der Waals surface area contributed by atoms with Crippen molar-refractivity contribution in [1.82, 2.24) is 4.31 Å². The van der Waals surface area contributed by atoms with E-state index in [9.17, 15) is 17.6 Å². The highest BCUT2D eigenvalue weighted by atomic mass is 35.5. The van der Waals surface area contributed by atoms with E-state index in [-0.39, 0.29) is 40.8 Å². The first kappa shape index (κ1) is 21.4. The summed E-state index contributed by atoms with van der Waals surface area (Å²) < 4.78 is 46.7. The number of carbonyl (C=O) groups is 1. The third-order valence-electron chi connectivity index (χ3n) is 4.51. The molecule has 1 heterocycles. The van der Waals surface area contributed by atoms with Crippen molar-refractivity contribution in [3.8, 4) is 0 Å². The topological polar surface area (TPSA) is 76.0 Å². The van der Waals surface area contributed by atoms with Crippen molar-refractivity contribution in [3.05, 3.63) is 59.9 Å². The zero-order valence-corrected chi connectivity index (χ0v) is 17.3. The van der Waals surface area contributed by atoms with Crippen molar-refractivity contribution < 1.29 is 22.3 Å². The van der Waals surface area contributed by atoms with E-state index < -0.39 is 15.8 Å². The predicted octanol–water partition coefficient (Wildman–Crippen LogP) is 3.86. The van der Waals surface area contributed by atoms with E-state index in [1.165, 1.54) is 23.4 Å². The van der Waals surface area contributed by atoms with Gasteiger partial charge in [0.05, 0.1) is 10.6 Å². The van der Waals surface area contributed by atoms with Crippen LogP contribution in [-0.2, 0) is 19.6 Å². The molecule has 0 saturated carbocycles. The van der Waals surface area contributed by atoms with Gasteiger partial charge < -0.3 is 4.74 Å². The van der Waals surface area contributed by atoms with Crippen LogP contribution in [0.25, 0.3) is 0 Å². The van der Waals surface area contributed by atoms with Crippen LogP contribution in [0.1, 0.15) is 25.3 Å². The van der Waals surface area contributed by atoms with Gasteiger partial charge in [-0.25, -0.2) is 17.8 Å². The molecule has 2 aromatic rings. The molecule has 0 spiro atoms. The Balaban J connectivity index is 1.83. The van der Waals surface area contributed by atoms with Crippen molar-refractivity contribution in [1.29, 1.82) is 0 Å². The predicted molar refractivity (Wildman–Crippen MR) is 108 cm³/mol. The molecule has 0 amide bonds. The molecular weight excluding hydrogens is 419 g/mol. The van der Waals surface area contributed by atoms with Crippen LogP contribution in [0.4, 0.5) is 10.1 Å². The maximum absolute atomic E-state index is 14.3. The lowest BCUT2D eigenvalue weighted by atomic mass is 10.1. The van der Waals surface area contributed by atoms with Crippen LogP contribution >= 0.6 is 11.6 Å². The minimum absolute atomic E-state index is 0.0683. The molecule has 1 saturated heterocycles. The molecule has 3 rings (SSSR count). The molecular formula is C20H20ClFN2O4S. The standard InChI is InChI=1S/C20H20ClFN2O4S/c1-14(25)28-16-9-11-24(12-10-16)29(26,27)17-7-8-19(22)18(13-17)20(21)23-15-5-3-2-4-6-15/h2-8,13,16H,9-12H2,1H3/b23-20-. The Hall–Kier alpha value is -2.29. The first-order chi connectivity index (χ1) is 13.8. The van der Waals surface area contributed by atoms with Gasteiger partial charge in [-0.05, 0) is 43.2 Å². The molecule has 1 fully saturated rings. The number of esters is 1. The fraction of sp³-hybridized carbons (Fsp3) is 0.300. The van der Waals surface area contributed by atoms with E-state index in [1.807, 2.05) is 6.07 Å². The van der Waals surface area contributed by atoms with Crippen molar-refractivity contribution in [3.63, 3.8) is 0 Å². The Labute approximate surface area is 174 Å². The molecule has 0 N–H and O–H groups in total. The number of hydrogen-bond acceptors (Lipinski definition) is 5. The number of rotatable bonds is 5. The summed E-state index contributed by atoms with van der Waals surface area (Å²) in [6, 6.07) is 12.2. The summed E-state index contributed by atoms with van der Waals surface area (Å²) in [5.41, 5.74) is 0.434. The molecule has 2 aromatic carbocycles. The van der Waals surface area contributed by atoms with Crippen molar-refractivity contribution in [2.24, 2.45) is 4.99 Å². The van der Waals surface area contributed by atoms with Gasteiger partial charge in [-0.15, -0.1) is 0 Å². The maximum atomic E-state index is 14.3. The molecule has 1 aliphatic rings. The molecule has 9 heteroatoms. The SMILES string of the molecule is CC(=O)OC1CCN(S(=O)(=O)c2ccc(F)c(/C(Cl)=N/c3ccccc3)c2)CC1. The lowest BCUT2D eigenvalue weighted by Crippen LogP contribution is -2.41. The van der Waals surface area contributed by atoms with Gasteiger partial charge in [-0.3, -0.25) is 4.79 Å². The minimum atomic E-state index is -3.85. The average molecular weight is 439 g/mol. The minimum Gasteiger partial charge on any atom is -0.462 e. The summed E-state index contributed by atoms with van der Waals surface area (Å²) in [5, 5.41) is -0.140. The van der Waals surface area contributed by atoms with Crippen LogP contribution in [0.15, 0.2) is 58.4 Å². The van der Waals surface area contributed by atoms with Crippen LogP contribution in [0.5, 0.6) is 0 Å². The van der Waals surface area contributed by atoms with E-state index in [4.69, 9.17) is 16.3 Å². The summed E-state index contributed by atoms with van der Waals surface area (Å²) in [4.78, 5) is 15.1. The van der Waals surface area contributed by atoms with Gasteiger partial charge in [0.15, 0.2) is 0 Å². The summed E-state index contributed by atoms with van der Waals surface area (Å²) in [6.45, 7) is 1.74. The largest absolute Gasteiger partial charge is 0.462 e. The number of hydrogen-bond donors (Lipinski definition) is 0. The smallest absolute Gasteiger partial charge is 0.302 e. The third-order valence-corrected chi connectivity index (χ3v) is 6.70. The molecule has 0 radical (unpaired) electrons. The summed E-state index contributed by atoms with van der Waals surface area (Å²) in [6.07, 6.45) is 0.516. The summed E-state index contributed by atoms with van der Waals surface area (Å²) >= 11 is 6.17. The van der Waals surface area contributed by atoms with Crippen LogP contribution in [0.3, 0.4) is 0 Å². The van der Waals surface area contributed by atoms with E-state index >= 15 is 0 Å². The number of sulfonamides is 1. The Morgan fingerprint density at radius 2 is 1.83 bits per heavy atom. The number of aliphatic imine (C=N–C) groups is 1. The van der Waals surface area contributed by atoms with Gasteiger partial charge in [-0.2, -0.15) is 4.31 Å². The van der Waals surface area contributed by atoms with E-state index in [0.717, 1.165) is 6.07 Å². The molecule has 6 nitrogen and oxygen atoms in total. The molecule has 0 aromatic heterocycles. The second-order valence-corrected chi connectivity index (χ2v) is 8.89. The van der Waals surface area contributed by atoms with Crippen LogP contribution in [-0.4, -0.2) is 43.1 Å². The number of nitrogens with zero attached hydrogens (tertiary/aromatic N) is 2. The van der Waals surface area contributed by atoms with E-state index in [0.29, 0.717) is 18.5 Å². The van der Waals surface area contributed by atoms with Crippen LogP contribution in [0, 0.1) is 5.82 Å². The fourth-order valence-electron chi connectivity index (χ4n) is 3.07. The lowest BCUT2D eigenvalue weighted by molar-refractivity contribution is -0.147. The van der Waals surface area contributed by atoms with Crippen molar-refractivity contribution in [2.45, 2.75) is 30.8 Å². The monoisotopic (exact) mass is 438 g/mol. The Morgan fingerprint density at radius 3 is 2.45 bits per heavy atom. The summed E-state index contributed by atoms with van der Waals surface area (Å²) in [7, 11) is -3.85. The lowest BCUT2D eigenvalue weighted by Gasteiger charge is -2.30. The number of para-hydroxylation sites is 1. The number of ether oxygens (including phenoxy) is 1. The highest BCUT2D eigenvalue weighted by Gasteiger charge is 2.31. The molecule has 0 aliphatic carbocycles. The normalized spacial score (nSPS) is 16.6. The molecule has 0 atom stereocenters. The van der Waals surface area contributed by atoms with Gasteiger partial charge >= 0.3 is 5.97 Å². The number of piperidine rings is 1. The number of benzene rings is 2. The molecule has 154 valence electrons. The molecule has 1 aliphatic heterocycles. The Morgan fingerprint density at radius 1 is 1.17 bits per heavy atom. The molecule has 29 heavy (non-hydrogen) atoms. The van der Waals surface area contributed by atoms with E-state index in [2.05, 4.69) is 4.99 Å². The molecule has 0 bridgehead atoms. The second-order valence-electron chi connectivity index (χ2n) is 6.59. The first-order valence-electron chi connectivity index (χ1n) is 9.04. The van der Waals surface area contributed by atoms with Gasteiger partial charge in [0.1, 0.15) is 17.1 Å². The van der Waals surface area contributed by atoms with Gasteiger partial charge in [-0.1, -0.05) is 29.8 Å². The van der Waals surface area contributed by atoms with E-state index in [1.54, 1.807) is 24.3 Å². The van der Waals surface area contributed by atoms with Crippen LogP contribution in [0.2, 0.25) is 0 Å². The fourth-order valence-corrected chi connectivity index (χ4v) is 4.81. The maximum Gasteiger partial charge on any atom is 0.302 e. The summed E-state index contributed by atoms with van der Waals surface area (Å²) in [5.74, 6) is -1.05. The average Bonchev–Trinajstić information content (AvgIpc) is 2.69. The Kier molecular flexibility index (Phi) is 6.66. The van der Waals surface area contributed by atoms with Gasteiger partial charge in [0.25, 0.3) is 0 Å². The highest BCUT2D eigenvalue weighted by molar-refractivity contribution is 7.89. The zero-order chi connectivity index (χ0) is 21.0. The number of halogens is 2. The van der Waals surface area contributed by atoms with Crippen LogP contribution < -0.4 is 0 Å². The number of carbonyl (C=O) groups excluding carboxylic acids is 1. The first-order valence-corrected chi connectivity index (χ1v) is 10.9. The van der Waals surface area contributed by atoms with Crippen molar-refractivity contribution in [2.75, 3.05) is 13.1 Å². The second kappa shape index (κ2) is 9.02. The Bertz CT molecular complexity index is 1020.